The monoisotopic (exact) mass is 415 g/mol. The Labute approximate surface area is 173 Å². The van der Waals surface area contributed by atoms with E-state index in [4.69, 9.17) is 0 Å². The summed E-state index contributed by atoms with van der Waals surface area (Å²) in [5.74, 6) is -0.0279. The van der Waals surface area contributed by atoms with Gasteiger partial charge >= 0.3 is 0 Å². The highest BCUT2D eigenvalue weighted by Crippen LogP contribution is 2.24. The Morgan fingerprint density at radius 3 is 2.14 bits per heavy atom. The van der Waals surface area contributed by atoms with Crippen LogP contribution in [0.25, 0.3) is 0 Å². The number of hydrogen-bond donors (Lipinski definition) is 1. The number of hydrogen-bond acceptors (Lipinski definition) is 4. The Hall–Kier alpha value is -2.54. The molecule has 1 heterocycles. The molecule has 0 radical (unpaired) electrons. The van der Waals surface area contributed by atoms with Gasteiger partial charge in [-0.15, -0.1) is 0 Å². The van der Waals surface area contributed by atoms with Gasteiger partial charge < -0.3 is 10.2 Å². The van der Waals surface area contributed by atoms with Gasteiger partial charge in [-0.05, 0) is 60.7 Å². The molecule has 2 aromatic rings. The van der Waals surface area contributed by atoms with E-state index in [1.54, 1.807) is 12.1 Å². The van der Waals surface area contributed by atoms with Gasteiger partial charge in [-0.1, -0.05) is 26.0 Å². The Morgan fingerprint density at radius 1 is 1.03 bits per heavy atom. The summed E-state index contributed by atoms with van der Waals surface area (Å²) in [6.45, 7) is 6.00. The van der Waals surface area contributed by atoms with E-state index < -0.39 is 10.0 Å². The van der Waals surface area contributed by atoms with E-state index in [-0.39, 0.29) is 12.5 Å². The number of amides is 1. The van der Waals surface area contributed by atoms with E-state index in [0.717, 1.165) is 34.9 Å². The van der Waals surface area contributed by atoms with E-state index >= 15 is 0 Å². The number of nitrogens with one attached hydrogen (secondary N) is 1. The van der Waals surface area contributed by atoms with Crippen molar-refractivity contribution in [3.8, 4) is 0 Å². The van der Waals surface area contributed by atoms with Gasteiger partial charge in [0.2, 0.25) is 15.9 Å². The van der Waals surface area contributed by atoms with Gasteiger partial charge in [0.15, 0.2) is 0 Å². The summed E-state index contributed by atoms with van der Waals surface area (Å²) < 4.78 is 25.7. The Kier molecular flexibility index (Phi) is 6.47. The van der Waals surface area contributed by atoms with Crippen LogP contribution in [0.4, 0.5) is 17.1 Å². The first-order chi connectivity index (χ1) is 13.7. The minimum atomic E-state index is -3.59. The quantitative estimate of drug-likeness (QED) is 0.746. The summed E-state index contributed by atoms with van der Waals surface area (Å²) in [5, 5.41) is 2.80. The molecule has 0 unspecified atom stereocenters. The summed E-state index contributed by atoms with van der Waals surface area (Å²) in [6, 6.07) is 15.0. The molecule has 1 aliphatic rings. The second kappa shape index (κ2) is 8.86. The topological polar surface area (TPSA) is 69.7 Å². The van der Waals surface area contributed by atoms with Crippen LogP contribution in [-0.4, -0.2) is 40.2 Å². The average Bonchev–Trinajstić information content (AvgIpc) is 3.21. The fourth-order valence-corrected chi connectivity index (χ4v) is 4.34. The Bertz CT molecular complexity index is 932. The first kappa shape index (κ1) is 21.2. The maximum Gasteiger partial charge on any atom is 0.245 e. The molecule has 1 saturated heterocycles. The predicted octanol–water partition coefficient (Wildman–Crippen LogP) is 3.81. The van der Waals surface area contributed by atoms with Crippen molar-refractivity contribution < 1.29 is 13.2 Å². The maximum absolute atomic E-state index is 12.5. The number of benzene rings is 2. The molecule has 0 bridgehead atoms. The SMILES string of the molecule is CC(C)c1ccc(N(CC(=O)Nc2ccc(N3CCCC3)cc2)S(C)(=O)=O)cc1. The van der Waals surface area contributed by atoms with Gasteiger partial charge in [-0.2, -0.15) is 0 Å². The lowest BCUT2D eigenvalue weighted by molar-refractivity contribution is -0.114. The van der Waals surface area contributed by atoms with E-state index in [1.165, 1.54) is 12.8 Å². The Balaban J connectivity index is 1.68. The van der Waals surface area contributed by atoms with Crippen molar-refractivity contribution in [1.82, 2.24) is 0 Å². The molecule has 29 heavy (non-hydrogen) atoms. The highest BCUT2D eigenvalue weighted by molar-refractivity contribution is 7.92. The van der Waals surface area contributed by atoms with Crippen LogP contribution >= 0.6 is 0 Å². The fraction of sp³-hybridized carbons (Fsp3) is 0.409. The van der Waals surface area contributed by atoms with Crippen LogP contribution in [0.1, 0.15) is 38.2 Å². The smallest absolute Gasteiger partial charge is 0.245 e. The molecule has 1 aliphatic heterocycles. The summed E-state index contributed by atoms with van der Waals surface area (Å²) in [6.07, 6.45) is 3.53. The van der Waals surface area contributed by atoms with Gasteiger partial charge in [-0.3, -0.25) is 9.10 Å². The van der Waals surface area contributed by atoms with E-state index in [1.807, 2.05) is 36.4 Å². The van der Waals surface area contributed by atoms with Crippen molar-refractivity contribution in [1.29, 1.82) is 0 Å². The van der Waals surface area contributed by atoms with Crippen LogP contribution in [0, 0.1) is 0 Å². The summed E-state index contributed by atoms with van der Waals surface area (Å²) in [4.78, 5) is 14.8. The van der Waals surface area contributed by atoms with Gasteiger partial charge in [0.05, 0.1) is 11.9 Å². The zero-order valence-corrected chi connectivity index (χ0v) is 18.1. The van der Waals surface area contributed by atoms with Crippen molar-refractivity contribution >= 4 is 33.0 Å². The molecule has 156 valence electrons. The summed E-state index contributed by atoms with van der Waals surface area (Å²) >= 11 is 0. The van der Waals surface area contributed by atoms with Crippen molar-refractivity contribution in [2.45, 2.75) is 32.6 Å². The van der Waals surface area contributed by atoms with E-state index in [2.05, 4.69) is 24.1 Å². The number of carbonyl (C=O) groups is 1. The molecule has 2 aromatic carbocycles. The Morgan fingerprint density at radius 2 is 1.62 bits per heavy atom. The van der Waals surface area contributed by atoms with Crippen molar-refractivity contribution in [2.24, 2.45) is 0 Å². The minimum Gasteiger partial charge on any atom is -0.372 e. The predicted molar refractivity (Wildman–Crippen MR) is 119 cm³/mol. The van der Waals surface area contributed by atoms with Crippen molar-refractivity contribution in [3.63, 3.8) is 0 Å². The number of rotatable bonds is 7. The standard InChI is InChI=1S/C22H29N3O3S/c1-17(2)18-6-10-21(11-7-18)25(29(3,27)28)16-22(26)23-19-8-12-20(13-9-19)24-14-4-5-15-24/h6-13,17H,4-5,14-16H2,1-3H3,(H,23,26). The lowest BCUT2D eigenvalue weighted by Crippen LogP contribution is -2.37. The number of sulfonamides is 1. The molecule has 7 heteroatoms. The van der Waals surface area contributed by atoms with Crippen LogP contribution in [0.2, 0.25) is 0 Å². The molecule has 1 amide bonds. The van der Waals surface area contributed by atoms with Gasteiger partial charge in [-0.25, -0.2) is 8.42 Å². The second-order valence-electron chi connectivity index (χ2n) is 7.81. The number of nitrogens with zero attached hydrogens (tertiary/aromatic N) is 2. The van der Waals surface area contributed by atoms with E-state index in [9.17, 15) is 13.2 Å². The molecule has 6 nitrogen and oxygen atoms in total. The molecule has 0 spiro atoms. The van der Waals surface area contributed by atoms with Crippen LogP contribution < -0.4 is 14.5 Å². The lowest BCUT2D eigenvalue weighted by Gasteiger charge is -2.22. The van der Waals surface area contributed by atoms with Crippen molar-refractivity contribution in [2.75, 3.05) is 40.4 Å². The summed E-state index contributed by atoms with van der Waals surface area (Å²) in [5.41, 5.74) is 3.39. The third-order valence-corrected chi connectivity index (χ3v) is 6.30. The lowest BCUT2D eigenvalue weighted by atomic mass is 10.0. The van der Waals surface area contributed by atoms with Gasteiger partial charge in [0.25, 0.3) is 0 Å². The average molecular weight is 416 g/mol. The zero-order valence-electron chi connectivity index (χ0n) is 17.3. The molecule has 0 aliphatic carbocycles. The molecule has 3 rings (SSSR count). The highest BCUT2D eigenvalue weighted by atomic mass is 32.2. The van der Waals surface area contributed by atoms with Crippen LogP contribution in [-0.2, 0) is 14.8 Å². The summed E-state index contributed by atoms with van der Waals surface area (Å²) in [7, 11) is -3.59. The first-order valence-corrected chi connectivity index (χ1v) is 11.8. The van der Waals surface area contributed by atoms with Crippen LogP contribution in [0.15, 0.2) is 48.5 Å². The third-order valence-electron chi connectivity index (χ3n) is 5.16. The van der Waals surface area contributed by atoms with Gasteiger partial charge in [0, 0.05) is 24.5 Å². The first-order valence-electron chi connectivity index (χ1n) is 9.96. The minimum absolute atomic E-state index is 0.270. The largest absolute Gasteiger partial charge is 0.372 e. The molecular weight excluding hydrogens is 386 g/mol. The fourth-order valence-electron chi connectivity index (χ4n) is 3.49. The molecule has 1 N–H and O–H groups in total. The van der Waals surface area contributed by atoms with Crippen LogP contribution in [0.5, 0.6) is 0 Å². The molecule has 0 atom stereocenters. The third kappa shape index (κ3) is 5.50. The normalized spacial score (nSPS) is 14.3. The number of anilines is 3. The molecule has 0 aromatic heterocycles. The van der Waals surface area contributed by atoms with Gasteiger partial charge in [0.1, 0.15) is 6.54 Å². The van der Waals surface area contributed by atoms with Crippen molar-refractivity contribution in [3.05, 3.63) is 54.1 Å². The molecular formula is C22H29N3O3S. The zero-order chi connectivity index (χ0) is 21.0. The molecule has 1 fully saturated rings. The highest BCUT2D eigenvalue weighted by Gasteiger charge is 2.21. The number of carbonyl (C=O) groups excluding carboxylic acids is 1. The van der Waals surface area contributed by atoms with Crippen LogP contribution in [0.3, 0.4) is 0 Å². The molecule has 0 saturated carbocycles. The second-order valence-corrected chi connectivity index (χ2v) is 9.71. The maximum atomic E-state index is 12.5. The van der Waals surface area contributed by atoms with E-state index in [0.29, 0.717) is 17.3 Å².